The second-order valence-electron chi connectivity index (χ2n) is 9.64. The van der Waals surface area contributed by atoms with Crippen LogP contribution >= 0.6 is 11.3 Å². The van der Waals surface area contributed by atoms with Gasteiger partial charge in [-0.05, 0) is 64.7 Å². The summed E-state index contributed by atoms with van der Waals surface area (Å²) in [5.74, 6) is 0.0400. The zero-order valence-corrected chi connectivity index (χ0v) is 21.6. The molecule has 0 aliphatic heterocycles. The Labute approximate surface area is 214 Å². The monoisotopic (exact) mass is 512 g/mol. The number of aromatic nitrogens is 2. The molecule has 3 atom stereocenters. The van der Waals surface area contributed by atoms with Crippen molar-refractivity contribution in [1.29, 1.82) is 0 Å². The second kappa shape index (κ2) is 11.6. The van der Waals surface area contributed by atoms with Crippen LogP contribution in [0.3, 0.4) is 0 Å². The van der Waals surface area contributed by atoms with Gasteiger partial charge < -0.3 is 21.3 Å². The number of nitrogens with zero attached hydrogens (tertiary/aromatic N) is 2. The minimum absolute atomic E-state index is 0.0980. The predicted octanol–water partition coefficient (Wildman–Crippen LogP) is 5.02. The molecule has 3 unspecified atom stereocenters. The molecule has 1 saturated carbocycles. The summed E-state index contributed by atoms with van der Waals surface area (Å²) in [5.41, 5.74) is 4.79. The lowest BCUT2D eigenvalue weighted by atomic mass is 10.1. The molecule has 36 heavy (non-hydrogen) atoms. The second-order valence-corrected chi connectivity index (χ2v) is 10.5. The number of pyridine rings is 1. The van der Waals surface area contributed by atoms with Gasteiger partial charge in [-0.3, -0.25) is 9.59 Å². The van der Waals surface area contributed by atoms with Gasteiger partial charge in [0.05, 0.1) is 27.0 Å². The number of amides is 2. The highest BCUT2D eigenvalue weighted by molar-refractivity contribution is 7.16. The Morgan fingerprint density at radius 3 is 2.75 bits per heavy atom. The van der Waals surface area contributed by atoms with Gasteiger partial charge in [-0.2, -0.15) is 0 Å². The summed E-state index contributed by atoms with van der Waals surface area (Å²) >= 11 is 1.57. The lowest BCUT2D eigenvalue weighted by Gasteiger charge is -2.18. The van der Waals surface area contributed by atoms with Gasteiger partial charge in [0.15, 0.2) is 0 Å². The van der Waals surface area contributed by atoms with Gasteiger partial charge in [0.25, 0.3) is 5.91 Å². The first-order chi connectivity index (χ1) is 17.3. The number of halogens is 1. The Balaban J connectivity index is 1.34. The predicted molar refractivity (Wildman–Crippen MR) is 143 cm³/mol. The van der Waals surface area contributed by atoms with Crippen molar-refractivity contribution < 1.29 is 14.0 Å². The number of thiazole rings is 1. The van der Waals surface area contributed by atoms with E-state index in [0.717, 1.165) is 15.9 Å². The van der Waals surface area contributed by atoms with E-state index in [0.29, 0.717) is 49.3 Å². The van der Waals surface area contributed by atoms with Crippen molar-refractivity contribution in [2.45, 2.75) is 64.7 Å². The first kappa shape index (κ1) is 25.8. The molecule has 4 rings (SSSR count). The number of nitrogens with one attached hydrogen (secondary N) is 4. The number of rotatable bonds is 10. The van der Waals surface area contributed by atoms with E-state index in [2.05, 4.69) is 31.2 Å². The van der Waals surface area contributed by atoms with Crippen LogP contribution in [0.1, 0.15) is 56.8 Å². The third kappa shape index (κ3) is 6.69. The van der Waals surface area contributed by atoms with Crippen molar-refractivity contribution >= 4 is 50.6 Å². The van der Waals surface area contributed by atoms with Crippen LogP contribution in [-0.2, 0) is 4.79 Å². The summed E-state index contributed by atoms with van der Waals surface area (Å²) in [4.78, 5) is 34.0. The molecule has 1 aromatic carbocycles. The molecule has 2 amide bonds. The molecule has 10 heteroatoms. The topological polar surface area (TPSA) is 108 Å². The van der Waals surface area contributed by atoms with Crippen molar-refractivity contribution in [3.05, 3.63) is 41.5 Å². The molecule has 4 N–H and O–H groups in total. The molecular formula is C26H33FN6O2S. The van der Waals surface area contributed by atoms with E-state index < -0.39 is 6.17 Å². The molecule has 8 nitrogen and oxygen atoms in total. The largest absolute Gasteiger partial charge is 0.382 e. The van der Waals surface area contributed by atoms with Gasteiger partial charge in [-0.1, -0.05) is 0 Å². The number of hydrogen-bond acceptors (Lipinski definition) is 7. The number of anilines is 3. The maximum atomic E-state index is 13.4. The van der Waals surface area contributed by atoms with E-state index in [9.17, 15) is 14.0 Å². The maximum Gasteiger partial charge on any atom is 0.254 e. The highest BCUT2D eigenvalue weighted by Crippen LogP contribution is 2.28. The average molecular weight is 513 g/mol. The summed E-state index contributed by atoms with van der Waals surface area (Å²) in [5, 5.41) is 12.5. The van der Waals surface area contributed by atoms with Gasteiger partial charge >= 0.3 is 0 Å². The Kier molecular flexibility index (Phi) is 8.35. The Hall–Kier alpha value is -3.27. The number of fused-ring (bicyclic) bond motifs is 1. The minimum atomic E-state index is -0.874. The lowest BCUT2D eigenvalue weighted by Crippen LogP contribution is -2.39. The van der Waals surface area contributed by atoms with Gasteiger partial charge in [-0.15, -0.1) is 11.3 Å². The van der Waals surface area contributed by atoms with E-state index in [1.54, 1.807) is 17.5 Å². The molecule has 192 valence electrons. The van der Waals surface area contributed by atoms with E-state index >= 15 is 0 Å². The van der Waals surface area contributed by atoms with Crippen molar-refractivity contribution in [2.24, 2.45) is 5.92 Å². The highest BCUT2D eigenvalue weighted by Gasteiger charge is 2.30. The van der Waals surface area contributed by atoms with E-state index in [-0.39, 0.29) is 29.8 Å². The number of alkyl halides is 1. The van der Waals surface area contributed by atoms with Crippen LogP contribution in [0, 0.1) is 5.92 Å². The Morgan fingerprint density at radius 1 is 1.17 bits per heavy atom. The molecule has 0 saturated heterocycles. The third-order valence-corrected chi connectivity index (χ3v) is 6.98. The summed E-state index contributed by atoms with van der Waals surface area (Å²) in [6.07, 6.45) is 2.62. The fraction of sp³-hybridized carbons (Fsp3) is 0.462. The first-order valence-electron chi connectivity index (χ1n) is 12.4. The summed E-state index contributed by atoms with van der Waals surface area (Å²) in [6.45, 7) is 6.30. The van der Waals surface area contributed by atoms with Crippen LogP contribution in [0.15, 0.2) is 36.0 Å². The summed E-state index contributed by atoms with van der Waals surface area (Å²) in [6, 6.07) is 7.75. The van der Waals surface area contributed by atoms with Crippen LogP contribution < -0.4 is 21.3 Å². The normalized spacial score (nSPS) is 18.2. The van der Waals surface area contributed by atoms with Gasteiger partial charge in [0.2, 0.25) is 5.91 Å². The van der Waals surface area contributed by atoms with Gasteiger partial charge in [0, 0.05) is 42.5 Å². The van der Waals surface area contributed by atoms with Gasteiger partial charge in [0.1, 0.15) is 12.0 Å². The van der Waals surface area contributed by atoms with E-state index in [1.165, 1.54) is 0 Å². The standard InChI is InChI=1S/C26H33FN6O2S/c1-15(2)31-22-12-24(33-19-6-7-21-23(11-19)36-14-30-21)29-13-20(22)26(35)28-9-8-16(3)32-25(34)17-4-5-18(27)10-17/h6-7,11-18H,4-5,8-10H2,1-3H3,(H,28,35)(H,32,34)(H2,29,31,33). The van der Waals surface area contributed by atoms with Crippen LogP contribution in [0.25, 0.3) is 10.2 Å². The molecule has 2 heterocycles. The van der Waals surface area contributed by atoms with Crippen molar-refractivity contribution in [3.63, 3.8) is 0 Å². The number of carbonyl (C=O) groups is 2. The van der Waals surface area contributed by atoms with E-state index in [1.807, 2.05) is 50.5 Å². The molecule has 0 radical (unpaired) electrons. The fourth-order valence-electron chi connectivity index (χ4n) is 4.31. The molecule has 3 aromatic rings. The fourth-order valence-corrected chi connectivity index (χ4v) is 5.03. The first-order valence-corrected chi connectivity index (χ1v) is 13.3. The smallest absolute Gasteiger partial charge is 0.254 e. The molecule has 1 fully saturated rings. The minimum Gasteiger partial charge on any atom is -0.382 e. The molecule has 1 aliphatic carbocycles. The van der Waals surface area contributed by atoms with Crippen molar-refractivity contribution in [2.75, 3.05) is 17.2 Å². The van der Waals surface area contributed by atoms with Gasteiger partial charge in [-0.25, -0.2) is 14.4 Å². The average Bonchev–Trinajstić information content (AvgIpc) is 3.47. The van der Waals surface area contributed by atoms with Crippen LogP contribution in [0.5, 0.6) is 0 Å². The lowest BCUT2D eigenvalue weighted by molar-refractivity contribution is -0.125. The van der Waals surface area contributed by atoms with Crippen molar-refractivity contribution in [1.82, 2.24) is 20.6 Å². The van der Waals surface area contributed by atoms with E-state index in [4.69, 9.17) is 0 Å². The number of hydrogen-bond donors (Lipinski definition) is 4. The number of benzene rings is 1. The van der Waals surface area contributed by atoms with Crippen molar-refractivity contribution in [3.8, 4) is 0 Å². The quantitative estimate of drug-likeness (QED) is 0.304. The van der Waals surface area contributed by atoms with Crippen LogP contribution in [0.2, 0.25) is 0 Å². The summed E-state index contributed by atoms with van der Waals surface area (Å²) < 4.78 is 14.5. The SMILES string of the molecule is CC(C)Nc1cc(Nc2ccc3ncsc3c2)ncc1C(=O)NCCC(C)NC(=O)C1CCC(F)C1. The Bertz CT molecular complexity index is 1220. The summed E-state index contributed by atoms with van der Waals surface area (Å²) in [7, 11) is 0. The maximum absolute atomic E-state index is 13.4. The zero-order chi connectivity index (χ0) is 25.7. The molecule has 0 bridgehead atoms. The third-order valence-electron chi connectivity index (χ3n) is 6.19. The van der Waals surface area contributed by atoms with Crippen LogP contribution in [0.4, 0.5) is 21.6 Å². The number of carbonyl (C=O) groups excluding carboxylic acids is 2. The molecule has 0 spiro atoms. The zero-order valence-electron chi connectivity index (χ0n) is 20.8. The molecule has 2 aromatic heterocycles. The molecular weight excluding hydrogens is 479 g/mol. The van der Waals surface area contributed by atoms with Crippen LogP contribution in [-0.4, -0.2) is 46.6 Å². The Morgan fingerprint density at radius 2 is 2.00 bits per heavy atom. The highest BCUT2D eigenvalue weighted by atomic mass is 32.1. The molecule has 1 aliphatic rings.